The van der Waals surface area contributed by atoms with Crippen molar-refractivity contribution in [1.82, 2.24) is 4.90 Å². The fourth-order valence-electron chi connectivity index (χ4n) is 2.85. The normalized spacial score (nSPS) is 26.1. The molecule has 1 heterocycles. The van der Waals surface area contributed by atoms with Gasteiger partial charge in [-0.1, -0.05) is 19.3 Å². The molecular formula is C12H19NO2. The van der Waals surface area contributed by atoms with Gasteiger partial charge in [0.25, 0.3) is 0 Å². The van der Waals surface area contributed by atoms with E-state index in [4.69, 9.17) is 0 Å². The van der Waals surface area contributed by atoms with Crippen molar-refractivity contribution in [2.75, 3.05) is 6.54 Å². The van der Waals surface area contributed by atoms with Crippen molar-refractivity contribution in [3.63, 3.8) is 0 Å². The standard InChI is InChI=1S/C12H19NO2/c1-9(10-5-3-2-4-6-10)13-8-11(14)7-12(13)15/h9-10H,2-8H2,1H3/t9-/m0/s1. The highest BCUT2D eigenvalue weighted by molar-refractivity contribution is 6.05. The summed E-state index contributed by atoms with van der Waals surface area (Å²) in [5.41, 5.74) is 0. The van der Waals surface area contributed by atoms with Crippen LogP contribution in [-0.2, 0) is 9.59 Å². The van der Waals surface area contributed by atoms with E-state index in [0.717, 1.165) is 0 Å². The second-order valence-corrected chi connectivity index (χ2v) is 4.88. The molecule has 1 saturated heterocycles. The average Bonchev–Trinajstić information content (AvgIpc) is 2.58. The lowest BCUT2D eigenvalue weighted by atomic mass is 9.84. The van der Waals surface area contributed by atoms with Crippen LogP contribution in [0.1, 0.15) is 45.4 Å². The summed E-state index contributed by atoms with van der Waals surface area (Å²) < 4.78 is 0. The molecule has 0 aromatic heterocycles. The third-order valence-corrected chi connectivity index (χ3v) is 3.84. The molecule has 1 amide bonds. The first-order chi connectivity index (χ1) is 7.18. The van der Waals surface area contributed by atoms with Gasteiger partial charge in [-0.15, -0.1) is 0 Å². The van der Waals surface area contributed by atoms with Gasteiger partial charge in [0.05, 0.1) is 13.0 Å². The van der Waals surface area contributed by atoms with Gasteiger partial charge in [0, 0.05) is 6.04 Å². The fourth-order valence-corrected chi connectivity index (χ4v) is 2.85. The SMILES string of the molecule is C[C@@H](C1CCCCC1)N1CC(=O)CC1=O. The molecule has 1 saturated carbocycles. The van der Waals surface area contributed by atoms with Crippen LogP contribution in [0.3, 0.4) is 0 Å². The molecule has 3 heteroatoms. The molecule has 15 heavy (non-hydrogen) atoms. The molecule has 0 aromatic carbocycles. The predicted octanol–water partition coefficient (Wildman–Crippen LogP) is 1.76. The van der Waals surface area contributed by atoms with Crippen LogP contribution in [0.2, 0.25) is 0 Å². The Morgan fingerprint density at radius 1 is 1.20 bits per heavy atom. The summed E-state index contributed by atoms with van der Waals surface area (Å²) in [5, 5.41) is 0. The Bertz CT molecular complexity index is 269. The van der Waals surface area contributed by atoms with E-state index >= 15 is 0 Å². The maximum absolute atomic E-state index is 11.6. The van der Waals surface area contributed by atoms with Crippen molar-refractivity contribution in [1.29, 1.82) is 0 Å². The lowest BCUT2D eigenvalue weighted by Crippen LogP contribution is -2.40. The van der Waals surface area contributed by atoms with Gasteiger partial charge >= 0.3 is 0 Å². The minimum Gasteiger partial charge on any atom is -0.332 e. The van der Waals surface area contributed by atoms with Gasteiger partial charge in [-0.05, 0) is 25.7 Å². The van der Waals surface area contributed by atoms with Crippen molar-refractivity contribution < 1.29 is 9.59 Å². The molecule has 3 nitrogen and oxygen atoms in total. The van der Waals surface area contributed by atoms with Gasteiger partial charge in [0.1, 0.15) is 0 Å². The molecule has 2 aliphatic rings. The van der Waals surface area contributed by atoms with E-state index in [1.807, 2.05) is 0 Å². The minimum atomic E-state index is 0.0399. The van der Waals surface area contributed by atoms with E-state index in [1.165, 1.54) is 32.1 Å². The number of likely N-dealkylation sites (tertiary alicyclic amines) is 1. The lowest BCUT2D eigenvalue weighted by molar-refractivity contribution is -0.130. The van der Waals surface area contributed by atoms with Gasteiger partial charge in [-0.3, -0.25) is 9.59 Å². The maximum atomic E-state index is 11.6. The van der Waals surface area contributed by atoms with E-state index in [1.54, 1.807) is 4.90 Å². The summed E-state index contributed by atoms with van der Waals surface area (Å²) in [6.45, 7) is 2.46. The number of carbonyl (C=O) groups is 2. The van der Waals surface area contributed by atoms with E-state index in [0.29, 0.717) is 12.5 Å². The summed E-state index contributed by atoms with van der Waals surface area (Å²) in [7, 11) is 0. The second-order valence-electron chi connectivity index (χ2n) is 4.88. The summed E-state index contributed by atoms with van der Waals surface area (Å²) in [6, 6.07) is 0.268. The smallest absolute Gasteiger partial charge is 0.230 e. The van der Waals surface area contributed by atoms with Crippen LogP contribution in [0.25, 0.3) is 0 Å². The maximum Gasteiger partial charge on any atom is 0.230 e. The second kappa shape index (κ2) is 4.33. The molecule has 2 rings (SSSR count). The van der Waals surface area contributed by atoms with Gasteiger partial charge < -0.3 is 4.90 Å². The van der Waals surface area contributed by atoms with Crippen molar-refractivity contribution in [3.8, 4) is 0 Å². The topological polar surface area (TPSA) is 37.4 Å². The number of hydrogen-bond donors (Lipinski definition) is 0. The van der Waals surface area contributed by atoms with E-state index < -0.39 is 0 Å². The molecule has 1 aliphatic heterocycles. The number of hydrogen-bond acceptors (Lipinski definition) is 2. The van der Waals surface area contributed by atoms with Gasteiger partial charge in [0.2, 0.25) is 5.91 Å². The van der Waals surface area contributed by atoms with Crippen LogP contribution in [0, 0.1) is 5.92 Å². The zero-order valence-corrected chi connectivity index (χ0v) is 9.37. The number of ketones is 1. The first kappa shape index (κ1) is 10.7. The van der Waals surface area contributed by atoms with Crippen LogP contribution in [0.4, 0.5) is 0 Å². The number of carbonyl (C=O) groups excluding carboxylic acids is 2. The summed E-state index contributed by atoms with van der Waals surface area (Å²) in [4.78, 5) is 24.6. The van der Waals surface area contributed by atoms with Crippen LogP contribution in [-0.4, -0.2) is 29.2 Å². The predicted molar refractivity (Wildman–Crippen MR) is 57.4 cm³/mol. The molecule has 1 aliphatic carbocycles. The van der Waals surface area contributed by atoms with Crippen LogP contribution >= 0.6 is 0 Å². The number of rotatable bonds is 2. The molecule has 84 valence electrons. The molecule has 0 aromatic rings. The van der Waals surface area contributed by atoms with Crippen molar-refractivity contribution in [2.45, 2.75) is 51.5 Å². The molecule has 2 fully saturated rings. The van der Waals surface area contributed by atoms with Crippen LogP contribution in [0.5, 0.6) is 0 Å². The highest BCUT2D eigenvalue weighted by Gasteiger charge is 2.34. The van der Waals surface area contributed by atoms with Crippen molar-refractivity contribution >= 4 is 11.7 Å². The molecule has 0 unspecified atom stereocenters. The molecule has 1 atom stereocenters. The number of Topliss-reactive ketones (excluding diaryl/α,β-unsaturated/α-hetero) is 1. The molecular weight excluding hydrogens is 190 g/mol. The first-order valence-electron chi connectivity index (χ1n) is 5.99. The Balaban J connectivity index is 1.97. The zero-order valence-electron chi connectivity index (χ0n) is 9.37. The van der Waals surface area contributed by atoms with Gasteiger partial charge in [0.15, 0.2) is 5.78 Å². The van der Waals surface area contributed by atoms with E-state index in [2.05, 4.69) is 6.92 Å². The first-order valence-corrected chi connectivity index (χ1v) is 5.99. The summed E-state index contributed by atoms with van der Waals surface area (Å²) in [6.07, 6.45) is 6.47. The van der Waals surface area contributed by atoms with Crippen LogP contribution < -0.4 is 0 Å². The lowest BCUT2D eigenvalue weighted by Gasteiger charge is -2.33. The van der Waals surface area contributed by atoms with Gasteiger partial charge in [-0.2, -0.15) is 0 Å². The minimum absolute atomic E-state index is 0.0399. The van der Waals surface area contributed by atoms with Gasteiger partial charge in [-0.25, -0.2) is 0 Å². The Labute approximate surface area is 90.8 Å². The molecule has 0 radical (unpaired) electrons. The zero-order chi connectivity index (χ0) is 10.8. The number of nitrogens with zero attached hydrogens (tertiary/aromatic N) is 1. The largest absolute Gasteiger partial charge is 0.332 e. The number of amides is 1. The van der Waals surface area contributed by atoms with Crippen molar-refractivity contribution in [3.05, 3.63) is 0 Å². The Morgan fingerprint density at radius 3 is 2.40 bits per heavy atom. The Kier molecular flexibility index (Phi) is 3.08. The molecule has 0 N–H and O–H groups in total. The fraction of sp³-hybridized carbons (Fsp3) is 0.833. The monoisotopic (exact) mass is 209 g/mol. The van der Waals surface area contributed by atoms with Crippen LogP contribution in [0.15, 0.2) is 0 Å². The van der Waals surface area contributed by atoms with E-state index in [9.17, 15) is 9.59 Å². The summed E-state index contributed by atoms with van der Waals surface area (Å²) in [5.74, 6) is 0.745. The Hall–Kier alpha value is -0.860. The quantitative estimate of drug-likeness (QED) is 0.650. The third kappa shape index (κ3) is 2.21. The highest BCUT2D eigenvalue weighted by atomic mass is 16.2. The molecule has 0 bridgehead atoms. The highest BCUT2D eigenvalue weighted by Crippen LogP contribution is 2.30. The average molecular weight is 209 g/mol. The van der Waals surface area contributed by atoms with E-state index in [-0.39, 0.29) is 24.2 Å². The van der Waals surface area contributed by atoms with Crippen molar-refractivity contribution in [2.24, 2.45) is 5.92 Å². The third-order valence-electron chi connectivity index (χ3n) is 3.84. The summed E-state index contributed by atoms with van der Waals surface area (Å²) >= 11 is 0. The molecule has 0 spiro atoms. The Morgan fingerprint density at radius 2 is 1.87 bits per heavy atom.